The molecule has 1 saturated heterocycles. The summed E-state index contributed by atoms with van der Waals surface area (Å²) >= 11 is 0. The van der Waals surface area contributed by atoms with Gasteiger partial charge in [-0.05, 0) is 35.1 Å². The standard InChI is InChI=1S/C12H19N.C4H4O4/c1-8(2)11-6-5-10(13)7-12(11)9(3)4;5-3-1-4(6)8-2-7-3/h5-9H,13H2,1-4H3;1-2H2. The van der Waals surface area contributed by atoms with Gasteiger partial charge in [-0.2, -0.15) is 0 Å². The molecule has 0 aromatic heterocycles. The van der Waals surface area contributed by atoms with Crippen LogP contribution in [0.25, 0.3) is 0 Å². The zero-order chi connectivity index (χ0) is 16.0. The molecule has 1 aliphatic heterocycles. The summed E-state index contributed by atoms with van der Waals surface area (Å²) < 4.78 is 8.53. The molecular formula is C16H23NO4. The van der Waals surface area contributed by atoms with Gasteiger partial charge in [0, 0.05) is 5.69 Å². The number of nitrogen functional groups attached to an aromatic ring is 1. The zero-order valence-corrected chi connectivity index (χ0v) is 13.0. The molecule has 0 bridgehead atoms. The van der Waals surface area contributed by atoms with Crippen LogP contribution in [0.5, 0.6) is 0 Å². The van der Waals surface area contributed by atoms with Crippen LogP contribution in [-0.2, 0) is 19.1 Å². The van der Waals surface area contributed by atoms with Crippen molar-refractivity contribution in [2.45, 2.75) is 46.0 Å². The second-order valence-corrected chi connectivity index (χ2v) is 5.53. The summed E-state index contributed by atoms with van der Waals surface area (Å²) in [4.78, 5) is 20.3. The summed E-state index contributed by atoms with van der Waals surface area (Å²) in [5.74, 6) is 0.112. The Morgan fingerprint density at radius 2 is 1.48 bits per heavy atom. The zero-order valence-electron chi connectivity index (χ0n) is 13.0. The molecule has 0 unspecified atom stereocenters. The highest BCUT2D eigenvalue weighted by Crippen LogP contribution is 2.27. The van der Waals surface area contributed by atoms with Gasteiger partial charge in [0.2, 0.25) is 6.79 Å². The lowest BCUT2D eigenvalue weighted by Crippen LogP contribution is -2.22. The maximum atomic E-state index is 10.2. The highest BCUT2D eigenvalue weighted by molar-refractivity contribution is 5.92. The maximum absolute atomic E-state index is 10.2. The van der Waals surface area contributed by atoms with E-state index in [9.17, 15) is 9.59 Å². The Bertz CT molecular complexity index is 495. The van der Waals surface area contributed by atoms with Crippen molar-refractivity contribution in [2.24, 2.45) is 0 Å². The van der Waals surface area contributed by atoms with E-state index in [1.54, 1.807) is 0 Å². The Morgan fingerprint density at radius 1 is 0.952 bits per heavy atom. The van der Waals surface area contributed by atoms with E-state index in [-0.39, 0.29) is 13.2 Å². The monoisotopic (exact) mass is 293 g/mol. The molecule has 5 heteroatoms. The average Bonchev–Trinajstić information content (AvgIpc) is 2.38. The van der Waals surface area contributed by atoms with Crippen LogP contribution in [0.15, 0.2) is 18.2 Å². The smallest absolute Gasteiger partial charge is 0.320 e. The second kappa shape index (κ2) is 7.67. The van der Waals surface area contributed by atoms with Crippen LogP contribution in [0.1, 0.15) is 57.1 Å². The van der Waals surface area contributed by atoms with E-state index in [1.165, 1.54) is 11.1 Å². The summed E-state index contributed by atoms with van der Waals surface area (Å²) in [5, 5.41) is 0. The number of anilines is 1. The molecule has 1 aromatic rings. The molecular weight excluding hydrogens is 270 g/mol. The van der Waals surface area contributed by atoms with E-state index >= 15 is 0 Å². The summed E-state index contributed by atoms with van der Waals surface area (Å²) in [6.07, 6.45) is -0.250. The third-order valence-corrected chi connectivity index (χ3v) is 3.08. The lowest BCUT2D eigenvalue weighted by atomic mass is 9.90. The third kappa shape index (κ3) is 5.45. The molecule has 116 valence electrons. The van der Waals surface area contributed by atoms with E-state index in [0.717, 1.165) is 5.69 Å². The van der Waals surface area contributed by atoms with Crippen molar-refractivity contribution in [2.75, 3.05) is 12.5 Å². The first kappa shape index (κ1) is 17.0. The number of hydrogen-bond donors (Lipinski definition) is 1. The quantitative estimate of drug-likeness (QED) is 0.515. The maximum Gasteiger partial charge on any atom is 0.320 e. The van der Waals surface area contributed by atoms with E-state index < -0.39 is 11.9 Å². The number of carbonyl (C=O) groups is 2. The predicted molar refractivity (Wildman–Crippen MR) is 80.7 cm³/mol. The van der Waals surface area contributed by atoms with Crippen LogP contribution in [0, 0.1) is 0 Å². The minimum absolute atomic E-state index is 0.225. The predicted octanol–water partition coefficient (Wildman–Crippen LogP) is 2.95. The summed E-state index contributed by atoms with van der Waals surface area (Å²) in [6, 6.07) is 6.23. The topological polar surface area (TPSA) is 78.6 Å². The molecule has 1 heterocycles. The minimum Gasteiger partial charge on any atom is -0.427 e. The SMILES string of the molecule is CC(C)c1ccc(N)cc1C(C)C.O=C1CC(=O)OCO1. The largest absolute Gasteiger partial charge is 0.427 e. The molecule has 2 rings (SSSR count). The Balaban J connectivity index is 0.000000235. The fraction of sp³-hybridized carbons (Fsp3) is 0.500. The number of benzene rings is 1. The Hall–Kier alpha value is -2.04. The summed E-state index contributed by atoms with van der Waals surface area (Å²) in [6.45, 7) is 8.63. The molecule has 1 aromatic carbocycles. The van der Waals surface area contributed by atoms with Crippen molar-refractivity contribution in [1.29, 1.82) is 0 Å². The molecule has 0 amide bonds. The second-order valence-electron chi connectivity index (χ2n) is 5.53. The van der Waals surface area contributed by atoms with Gasteiger partial charge in [0.25, 0.3) is 0 Å². The number of cyclic esters (lactones) is 2. The number of carbonyl (C=O) groups excluding carboxylic acids is 2. The Labute approximate surface area is 125 Å². The van der Waals surface area contributed by atoms with E-state index in [0.29, 0.717) is 11.8 Å². The van der Waals surface area contributed by atoms with E-state index in [4.69, 9.17) is 5.73 Å². The van der Waals surface area contributed by atoms with Gasteiger partial charge in [-0.15, -0.1) is 0 Å². The molecule has 0 atom stereocenters. The van der Waals surface area contributed by atoms with Gasteiger partial charge in [0.15, 0.2) is 0 Å². The van der Waals surface area contributed by atoms with Gasteiger partial charge in [-0.1, -0.05) is 33.8 Å². The summed E-state index contributed by atoms with van der Waals surface area (Å²) in [5.41, 5.74) is 9.44. The normalized spacial score (nSPS) is 14.4. The van der Waals surface area contributed by atoms with Gasteiger partial charge < -0.3 is 15.2 Å². The number of ether oxygens (including phenoxy) is 2. The van der Waals surface area contributed by atoms with Crippen LogP contribution in [0.2, 0.25) is 0 Å². The van der Waals surface area contributed by atoms with Gasteiger partial charge in [0.05, 0.1) is 0 Å². The first-order valence-electron chi connectivity index (χ1n) is 7.01. The Morgan fingerprint density at radius 3 is 1.86 bits per heavy atom. The van der Waals surface area contributed by atoms with Gasteiger partial charge in [0.1, 0.15) is 6.42 Å². The van der Waals surface area contributed by atoms with Crippen LogP contribution >= 0.6 is 0 Å². The molecule has 0 aliphatic carbocycles. The van der Waals surface area contributed by atoms with Crippen molar-refractivity contribution in [1.82, 2.24) is 0 Å². The van der Waals surface area contributed by atoms with Crippen molar-refractivity contribution in [3.8, 4) is 0 Å². The first-order chi connectivity index (χ1) is 9.81. The summed E-state index contributed by atoms with van der Waals surface area (Å²) in [7, 11) is 0. The lowest BCUT2D eigenvalue weighted by molar-refractivity contribution is -0.181. The molecule has 1 aliphatic rings. The molecule has 0 saturated carbocycles. The van der Waals surface area contributed by atoms with Gasteiger partial charge in [-0.3, -0.25) is 9.59 Å². The van der Waals surface area contributed by atoms with E-state index in [2.05, 4.69) is 49.3 Å². The number of rotatable bonds is 2. The third-order valence-electron chi connectivity index (χ3n) is 3.08. The fourth-order valence-corrected chi connectivity index (χ4v) is 2.00. The lowest BCUT2D eigenvalue weighted by Gasteiger charge is -2.16. The highest BCUT2D eigenvalue weighted by atomic mass is 16.7. The molecule has 2 N–H and O–H groups in total. The average molecular weight is 293 g/mol. The minimum atomic E-state index is -0.513. The fourth-order valence-electron chi connectivity index (χ4n) is 2.00. The van der Waals surface area contributed by atoms with Crippen LogP contribution in [-0.4, -0.2) is 18.7 Å². The van der Waals surface area contributed by atoms with Crippen molar-refractivity contribution >= 4 is 17.6 Å². The van der Waals surface area contributed by atoms with Crippen LogP contribution in [0.4, 0.5) is 5.69 Å². The molecule has 21 heavy (non-hydrogen) atoms. The number of esters is 2. The molecule has 1 fully saturated rings. The van der Waals surface area contributed by atoms with Gasteiger partial charge in [-0.25, -0.2) is 0 Å². The molecule has 0 spiro atoms. The van der Waals surface area contributed by atoms with Crippen LogP contribution < -0.4 is 5.73 Å². The number of hydrogen-bond acceptors (Lipinski definition) is 5. The highest BCUT2D eigenvalue weighted by Gasteiger charge is 2.17. The van der Waals surface area contributed by atoms with Gasteiger partial charge >= 0.3 is 11.9 Å². The van der Waals surface area contributed by atoms with Crippen LogP contribution in [0.3, 0.4) is 0 Å². The van der Waals surface area contributed by atoms with Crippen molar-refractivity contribution in [3.63, 3.8) is 0 Å². The first-order valence-corrected chi connectivity index (χ1v) is 7.01. The molecule has 0 radical (unpaired) electrons. The molecule has 5 nitrogen and oxygen atoms in total. The van der Waals surface area contributed by atoms with E-state index in [1.807, 2.05) is 6.07 Å². The van der Waals surface area contributed by atoms with Crippen molar-refractivity contribution < 1.29 is 19.1 Å². The number of nitrogens with two attached hydrogens (primary N) is 1. The van der Waals surface area contributed by atoms with Crippen molar-refractivity contribution in [3.05, 3.63) is 29.3 Å². The Kier molecular flexibility index (Phi) is 6.21.